The molecular weight excluding hydrogens is 176 g/mol. The van der Waals surface area contributed by atoms with Crippen LogP contribution in [-0.4, -0.2) is 15.0 Å². The SMILES string of the molecule is CCc1nc2nc(C#N)cc(C)c2[nH]1. The summed E-state index contributed by atoms with van der Waals surface area (Å²) in [6, 6.07) is 3.79. The molecule has 0 aromatic carbocycles. The first-order chi connectivity index (χ1) is 6.74. The minimum absolute atomic E-state index is 0.421. The monoisotopic (exact) mass is 186 g/mol. The lowest BCUT2D eigenvalue weighted by Gasteiger charge is -1.93. The van der Waals surface area contributed by atoms with Gasteiger partial charge in [0.05, 0.1) is 5.52 Å². The van der Waals surface area contributed by atoms with Crippen molar-refractivity contribution < 1.29 is 0 Å². The van der Waals surface area contributed by atoms with E-state index >= 15 is 0 Å². The predicted octanol–water partition coefficient (Wildman–Crippen LogP) is 1.70. The highest BCUT2D eigenvalue weighted by molar-refractivity contribution is 5.75. The second-order valence-electron chi connectivity index (χ2n) is 3.17. The van der Waals surface area contributed by atoms with Crippen molar-refractivity contribution in [3.63, 3.8) is 0 Å². The minimum Gasteiger partial charge on any atom is -0.340 e. The van der Waals surface area contributed by atoms with E-state index in [2.05, 4.69) is 15.0 Å². The van der Waals surface area contributed by atoms with Gasteiger partial charge in [-0.15, -0.1) is 0 Å². The van der Waals surface area contributed by atoms with E-state index in [9.17, 15) is 0 Å². The Labute approximate surface area is 81.6 Å². The largest absolute Gasteiger partial charge is 0.340 e. The van der Waals surface area contributed by atoms with E-state index < -0.39 is 0 Å². The molecule has 0 amide bonds. The number of aromatic nitrogens is 3. The molecule has 0 saturated heterocycles. The van der Waals surface area contributed by atoms with Crippen LogP contribution in [0.25, 0.3) is 11.2 Å². The van der Waals surface area contributed by atoms with Gasteiger partial charge in [0.1, 0.15) is 17.6 Å². The first-order valence-corrected chi connectivity index (χ1v) is 4.51. The van der Waals surface area contributed by atoms with E-state index in [1.54, 1.807) is 6.07 Å². The van der Waals surface area contributed by atoms with E-state index in [1.165, 1.54) is 0 Å². The Hall–Kier alpha value is -1.89. The van der Waals surface area contributed by atoms with Crippen LogP contribution in [0.4, 0.5) is 0 Å². The molecule has 4 heteroatoms. The molecule has 0 aliphatic heterocycles. The van der Waals surface area contributed by atoms with Crippen molar-refractivity contribution in [2.24, 2.45) is 0 Å². The molecule has 70 valence electrons. The van der Waals surface area contributed by atoms with Crippen molar-refractivity contribution in [2.45, 2.75) is 20.3 Å². The molecule has 2 heterocycles. The van der Waals surface area contributed by atoms with E-state index in [-0.39, 0.29) is 0 Å². The molecule has 2 aromatic rings. The molecule has 4 nitrogen and oxygen atoms in total. The second-order valence-corrected chi connectivity index (χ2v) is 3.17. The summed E-state index contributed by atoms with van der Waals surface area (Å²) in [5.41, 5.74) is 3.00. The van der Waals surface area contributed by atoms with Gasteiger partial charge < -0.3 is 4.98 Å². The Kier molecular flexibility index (Phi) is 1.93. The predicted molar refractivity (Wildman–Crippen MR) is 52.7 cm³/mol. The Bertz CT molecular complexity index is 519. The number of pyridine rings is 1. The summed E-state index contributed by atoms with van der Waals surface area (Å²) < 4.78 is 0. The standard InChI is InChI=1S/C10H10N4/c1-3-8-13-9-6(2)4-7(5-11)12-10(9)14-8/h4H,3H2,1-2H3,(H,12,13,14). The molecule has 0 bridgehead atoms. The van der Waals surface area contributed by atoms with Crippen LogP contribution in [0.15, 0.2) is 6.07 Å². The lowest BCUT2D eigenvalue weighted by Crippen LogP contribution is -1.86. The minimum atomic E-state index is 0.421. The van der Waals surface area contributed by atoms with Gasteiger partial charge in [-0.2, -0.15) is 5.26 Å². The van der Waals surface area contributed by atoms with Crippen molar-refractivity contribution in [3.05, 3.63) is 23.1 Å². The Morgan fingerprint density at radius 2 is 2.29 bits per heavy atom. The number of nitrogens with zero attached hydrogens (tertiary/aromatic N) is 3. The quantitative estimate of drug-likeness (QED) is 0.737. The number of hydrogen-bond acceptors (Lipinski definition) is 3. The molecule has 14 heavy (non-hydrogen) atoms. The summed E-state index contributed by atoms with van der Waals surface area (Å²) in [7, 11) is 0. The Morgan fingerprint density at radius 1 is 1.50 bits per heavy atom. The molecule has 2 rings (SSSR count). The van der Waals surface area contributed by atoms with Gasteiger partial charge in [-0.05, 0) is 18.6 Å². The first-order valence-electron chi connectivity index (χ1n) is 4.51. The van der Waals surface area contributed by atoms with Gasteiger partial charge in [0, 0.05) is 6.42 Å². The fraction of sp³-hybridized carbons (Fsp3) is 0.300. The van der Waals surface area contributed by atoms with Gasteiger partial charge in [0.2, 0.25) is 0 Å². The number of aromatic amines is 1. The van der Waals surface area contributed by atoms with Gasteiger partial charge in [0.15, 0.2) is 5.65 Å². The Balaban J connectivity index is 2.75. The third-order valence-electron chi connectivity index (χ3n) is 2.16. The average Bonchev–Trinajstić information content (AvgIpc) is 2.61. The molecular formula is C10H10N4. The van der Waals surface area contributed by atoms with Crippen LogP contribution < -0.4 is 0 Å². The van der Waals surface area contributed by atoms with Crippen molar-refractivity contribution >= 4 is 11.2 Å². The van der Waals surface area contributed by atoms with Crippen LogP contribution in [0.3, 0.4) is 0 Å². The van der Waals surface area contributed by atoms with Crippen LogP contribution in [0.1, 0.15) is 24.0 Å². The molecule has 2 aromatic heterocycles. The summed E-state index contributed by atoms with van der Waals surface area (Å²) in [4.78, 5) is 11.6. The fourth-order valence-corrected chi connectivity index (χ4v) is 1.42. The summed E-state index contributed by atoms with van der Waals surface area (Å²) in [6.45, 7) is 3.97. The van der Waals surface area contributed by atoms with Crippen molar-refractivity contribution in [1.82, 2.24) is 15.0 Å². The Morgan fingerprint density at radius 3 is 2.93 bits per heavy atom. The zero-order valence-corrected chi connectivity index (χ0v) is 8.13. The lowest BCUT2D eigenvalue weighted by atomic mass is 10.2. The third-order valence-corrected chi connectivity index (χ3v) is 2.16. The highest BCUT2D eigenvalue weighted by atomic mass is 15.0. The molecule has 0 aliphatic rings. The summed E-state index contributed by atoms with van der Waals surface area (Å²) >= 11 is 0. The fourth-order valence-electron chi connectivity index (χ4n) is 1.42. The maximum absolute atomic E-state index is 8.74. The number of H-pyrrole nitrogens is 1. The molecule has 0 unspecified atom stereocenters. The second kappa shape index (κ2) is 3.11. The first kappa shape index (κ1) is 8.70. The molecule has 0 saturated carbocycles. The molecule has 0 spiro atoms. The zero-order chi connectivity index (χ0) is 10.1. The molecule has 0 atom stereocenters. The van der Waals surface area contributed by atoms with Gasteiger partial charge in [-0.3, -0.25) is 0 Å². The van der Waals surface area contributed by atoms with Crippen LogP contribution in [0, 0.1) is 18.3 Å². The molecule has 1 N–H and O–H groups in total. The van der Waals surface area contributed by atoms with Crippen molar-refractivity contribution in [3.8, 4) is 6.07 Å². The number of imidazole rings is 1. The van der Waals surface area contributed by atoms with Crippen molar-refractivity contribution in [2.75, 3.05) is 0 Å². The molecule has 0 radical (unpaired) electrons. The van der Waals surface area contributed by atoms with Crippen LogP contribution in [0.5, 0.6) is 0 Å². The van der Waals surface area contributed by atoms with E-state index in [0.29, 0.717) is 11.3 Å². The third kappa shape index (κ3) is 1.23. The topological polar surface area (TPSA) is 65.4 Å². The van der Waals surface area contributed by atoms with Gasteiger partial charge in [-0.25, -0.2) is 9.97 Å². The average molecular weight is 186 g/mol. The summed E-state index contributed by atoms with van der Waals surface area (Å²) in [5, 5.41) is 8.74. The number of nitriles is 1. The number of aryl methyl sites for hydroxylation is 2. The highest BCUT2D eigenvalue weighted by Crippen LogP contribution is 2.15. The van der Waals surface area contributed by atoms with Gasteiger partial charge in [0.25, 0.3) is 0 Å². The maximum Gasteiger partial charge on any atom is 0.179 e. The zero-order valence-electron chi connectivity index (χ0n) is 8.13. The maximum atomic E-state index is 8.74. The summed E-state index contributed by atoms with van der Waals surface area (Å²) in [6.07, 6.45) is 0.845. The van der Waals surface area contributed by atoms with Crippen LogP contribution in [-0.2, 0) is 6.42 Å². The van der Waals surface area contributed by atoms with E-state index in [4.69, 9.17) is 5.26 Å². The molecule has 0 fully saturated rings. The normalized spacial score (nSPS) is 10.4. The van der Waals surface area contributed by atoms with Crippen LogP contribution in [0.2, 0.25) is 0 Å². The van der Waals surface area contributed by atoms with Crippen LogP contribution >= 0.6 is 0 Å². The van der Waals surface area contributed by atoms with Gasteiger partial charge in [-0.1, -0.05) is 6.92 Å². The lowest BCUT2D eigenvalue weighted by molar-refractivity contribution is 0.997. The smallest absolute Gasteiger partial charge is 0.179 e. The summed E-state index contributed by atoms with van der Waals surface area (Å²) in [5.74, 6) is 0.908. The number of hydrogen-bond donors (Lipinski definition) is 1. The number of rotatable bonds is 1. The number of nitrogens with one attached hydrogen (secondary N) is 1. The van der Waals surface area contributed by atoms with E-state index in [0.717, 1.165) is 23.3 Å². The molecule has 0 aliphatic carbocycles. The number of fused-ring (bicyclic) bond motifs is 1. The van der Waals surface area contributed by atoms with Crippen molar-refractivity contribution in [1.29, 1.82) is 5.26 Å². The van der Waals surface area contributed by atoms with E-state index in [1.807, 2.05) is 19.9 Å². The highest BCUT2D eigenvalue weighted by Gasteiger charge is 2.06. The van der Waals surface area contributed by atoms with Gasteiger partial charge >= 0.3 is 0 Å².